The first-order valence-electron chi connectivity index (χ1n) is 8.83. The molecule has 1 aliphatic carbocycles. The van der Waals surface area contributed by atoms with E-state index in [1.807, 2.05) is 0 Å². The predicted octanol–water partition coefficient (Wildman–Crippen LogP) is 3.77. The van der Waals surface area contributed by atoms with Crippen LogP contribution in [0.15, 0.2) is 30.3 Å². The van der Waals surface area contributed by atoms with Gasteiger partial charge in [-0.2, -0.15) is 0 Å². The summed E-state index contributed by atoms with van der Waals surface area (Å²) < 4.78 is 11.4. The van der Waals surface area contributed by atoms with E-state index in [1.54, 1.807) is 14.2 Å². The average Bonchev–Trinajstić information content (AvgIpc) is 2.80. The fourth-order valence-corrected chi connectivity index (χ4v) is 4.47. The van der Waals surface area contributed by atoms with E-state index in [4.69, 9.17) is 9.47 Å². The van der Waals surface area contributed by atoms with Crippen LogP contribution in [-0.2, 0) is 19.4 Å². The normalized spacial score (nSPS) is 19.2. The lowest BCUT2D eigenvalue weighted by Gasteiger charge is -2.36. The largest absolute Gasteiger partial charge is 0.493 e. The number of hydrogen-bond donors (Lipinski definition) is 0. The van der Waals surface area contributed by atoms with Crippen molar-refractivity contribution in [1.82, 2.24) is 4.90 Å². The van der Waals surface area contributed by atoms with Crippen molar-refractivity contribution in [3.63, 3.8) is 0 Å². The van der Waals surface area contributed by atoms with Gasteiger partial charge in [-0.25, -0.2) is 0 Å². The van der Waals surface area contributed by atoms with E-state index in [0.717, 1.165) is 44.0 Å². The van der Waals surface area contributed by atoms with Gasteiger partial charge in [-0.15, -0.1) is 0 Å². The molecule has 0 N–H and O–H groups in total. The van der Waals surface area contributed by atoms with Gasteiger partial charge < -0.3 is 9.47 Å². The lowest BCUT2D eigenvalue weighted by molar-refractivity contribution is 0.251. The summed E-state index contributed by atoms with van der Waals surface area (Å²) in [5.41, 5.74) is 7.20. The molecule has 0 saturated carbocycles. The van der Waals surface area contributed by atoms with Gasteiger partial charge in [-0.1, -0.05) is 31.2 Å². The highest BCUT2D eigenvalue weighted by atomic mass is 16.5. The van der Waals surface area contributed by atoms with Crippen molar-refractivity contribution < 1.29 is 9.47 Å². The van der Waals surface area contributed by atoms with Crippen LogP contribution in [0.3, 0.4) is 0 Å². The molecule has 0 amide bonds. The Balaban J connectivity index is 1.98. The number of likely N-dealkylation sites (N-methyl/N-ethyl adjacent to an activating group) is 1. The van der Waals surface area contributed by atoms with Crippen molar-refractivity contribution in [1.29, 1.82) is 0 Å². The Morgan fingerprint density at radius 2 is 1.92 bits per heavy atom. The van der Waals surface area contributed by atoms with Gasteiger partial charge in [0, 0.05) is 24.6 Å². The number of ether oxygens (including phenoxy) is 2. The highest BCUT2D eigenvalue weighted by Crippen LogP contribution is 2.46. The van der Waals surface area contributed by atoms with Crippen molar-refractivity contribution >= 4 is 0 Å². The number of benzene rings is 2. The molecule has 126 valence electrons. The molecule has 0 bridgehead atoms. The van der Waals surface area contributed by atoms with Crippen molar-refractivity contribution in [3.8, 4) is 11.5 Å². The second-order valence-electron chi connectivity index (χ2n) is 6.74. The summed E-state index contributed by atoms with van der Waals surface area (Å²) in [7, 11) is 3.50. The first kappa shape index (κ1) is 15.5. The van der Waals surface area contributed by atoms with Crippen LogP contribution in [0.25, 0.3) is 0 Å². The third kappa shape index (κ3) is 2.30. The number of aryl methyl sites for hydroxylation is 1. The molecule has 0 radical (unpaired) electrons. The van der Waals surface area contributed by atoms with Gasteiger partial charge in [-0.3, -0.25) is 4.90 Å². The maximum Gasteiger partial charge on any atom is 0.164 e. The smallest absolute Gasteiger partial charge is 0.164 e. The Kier molecular flexibility index (Phi) is 3.97. The molecule has 1 heterocycles. The van der Waals surface area contributed by atoms with Crippen LogP contribution in [0, 0.1) is 0 Å². The van der Waals surface area contributed by atoms with Crippen LogP contribution >= 0.6 is 0 Å². The molecule has 0 aromatic heterocycles. The average molecular weight is 323 g/mol. The van der Waals surface area contributed by atoms with Gasteiger partial charge in [0.2, 0.25) is 0 Å². The quantitative estimate of drug-likeness (QED) is 0.858. The molecule has 3 nitrogen and oxygen atoms in total. The second kappa shape index (κ2) is 6.14. The molecule has 0 spiro atoms. The Morgan fingerprint density at radius 3 is 2.67 bits per heavy atom. The Morgan fingerprint density at radius 1 is 1.08 bits per heavy atom. The zero-order valence-electron chi connectivity index (χ0n) is 14.8. The molecule has 4 rings (SSSR count). The number of fused-ring (bicyclic) bond motifs is 2. The van der Waals surface area contributed by atoms with Crippen LogP contribution < -0.4 is 9.47 Å². The standard InChI is InChI=1S/C21H25NO2/c1-4-22-12-15-11-19(23-2)21(24-3)17-10-9-14-7-5-6-8-16(14)18(13-22)20(15)17/h5-8,11,18H,4,9-10,12-13H2,1-3H3. The number of nitrogens with zero attached hydrogens (tertiary/aromatic N) is 1. The second-order valence-corrected chi connectivity index (χ2v) is 6.74. The molecule has 0 saturated heterocycles. The minimum absolute atomic E-state index is 0.433. The Hall–Kier alpha value is -2.00. The molecule has 2 aromatic carbocycles. The Bertz CT molecular complexity index is 769. The van der Waals surface area contributed by atoms with Gasteiger partial charge in [0.15, 0.2) is 11.5 Å². The van der Waals surface area contributed by atoms with Crippen LogP contribution in [-0.4, -0.2) is 32.2 Å². The van der Waals surface area contributed by atoms with Gasteiger partial charge in [0.25, 0.3) is 0 Å². The number of methoxy groups -OCH3 is 2. The molecule has 0 fully saturated rings. The topological polar surface area (TPSA) is 21.7 Å². The summed E-state index contributed by atoms with van der Waals surface area (Å²) in [5, 5.41) is 0. The van der Waals surface area contributed by atoms with E-state index < -0.39 is 0 Å². The maximum atomic E-state index is 5.78. The van der Waals surface area contributed by atoms with Crippen LogP contribution in [0.4, 0.5) is 0 Å². The van der Waals surface area contributed by atoms with E-state index >= 15 is 0 Å². The van der Waals surface area contributed by atoms with E-state index in [-0.39, 0.29) is 0 Å². The van der Waals surface area contributed by atoms with Gasteiger partial charge in [0.1, 0.15) is 0 Å². The molecular formula is C21H25NO2. The summed E-state index contributed by atoms with van der Waals surface area (Å²) >= 11 is 0. The monoisotopic (exact) mass is 323 g/mol. The molecule has 2 aliphatic rings. The van der Waals surface area contributed by atoms with Crippen LogP contribution in [0.5, 0.6) is 11.5 Å². The van der Waals surface area contributed by atoms with E-state index in [0.29, 0.717) is 5.92 Å². The van der Waals surface area contributed by atoms with Gasteiger partial charge >= 0.3 is 0 Å². The maximum absolute atomic E-state index is 5.78. The lowest BCUT2D eigenvalue weighted by atomic mass is 9.81. The molecule has 1 atom stereocenters. The highest BCUT2D eigenvalue weighted by molar-refractivity contribution is 5.60. The van der Waals surface area contributed by atoms with Crippen molar-refractivity contribution in [2.75, 3.05) is 27.3 Å². The molecule has 1 aliphatic heterocycles. The zero-order chi connectivity index (χ0) is 16.7. The van der Waals surface area contributed by atoms with E-state index in [1.165, 1.54) is 27.8 Å². The zero-order valence-corrected chi connectivity index (χ0v) is 14.8. The van der Waals surface area contributed by atoms with E-state index in [2.05, 4.69) is 42.2 Å². The fraction of sp³-hybridized carbons (Fsp3) is 0.429. The van der Waals surface area contributed by atoms with Crippen LogP contribution in [0.1, 0.15) is 40.7 Å². The Labute approximate surface area is 144 Å². The number of rotatable bonds is 3. The SMILES string of the molecule is CCN1Cc2cc(OC)c(OC)c3c2C(C1)c1ccccc1CC3. The van der Waals surface area contributed by atoms with E-state index in [9.17, 15) is 0 Å². The summed E-state index contributed by atoms with van der Waals surface area (Å²) in [6.45, 7) is 5.40. The highest BCUT2D eigenvalue weighted by Gasteiger charge is 2.34. The third-order valence-electron chi connectivity index (χ3n) is 5.60. The summed E-state index contributed by atoms with van der Waals surface area (Å²) in [6, 6.07) is 11.1. The summed E-state index contributed by atoms with van der Waals surface area (Å²) in [5.74, 6) is 2.23. The van der Waals surface area contributed by atoms with Crippen molar-refractivity contribution in [2.24, 2.45) is 0 Å². The molecule has 2 aromatic rings. The fourth-order valence-electron chi connectivity index (χ4n) is 4.47. The van der Waals surface area contributed by atoms with Crippen LogP contribution in [0.2, 0.25) is 0 Å². The summed E-state index contributed by atoms with van der Waals surface area (Å²) in [4.78, 5) is 2.53. The van der Waals surface area contributed by atoms with Gasteiger partial charge in [0.05, 0.1) is 14.2 Å². The van der Waals surface area contributed by atoms with Gasteiger partial charge in [-0.05, 0) is 47.7 Å². The first-order chi connectivity index (χ1) is 11.8. The first-order valence-corrected chi connectivity index (χ1v) is 8.83. The third-order valence-corrected chi connectivity index (χ3v) is 5.60. The molecule has 24 heavy (non-hydrogen) atoms. The molecular weight excluding hydrogens is 298 g/mol. The van der Waals surface area contributed by atoms with Crippen molar-refractivity contribution in [3.05, 3.63) is 58.1 Å². The molecule has 3 heteroatoms. The predicted molar refractivity (Wildman–Crippen MR) is 96.2 cm³/mol. The lowest BCUT2D eigenvalue weighted by Crippen LogP contribution is -2.34. The summed E-state index contributed by atoms with van der Waals surface area (Å²) in [6.07, 6.45) is 2.08. The number of hydrogen-bond acceptors (Lipinski definition) is 3. The minimum Gasteiger partial charge on any atom is -0.493 e. The molecule has 1 unspecified atom stereocenters. The minimum atomic E-state index is 0.433. The van der Waals surface area contributed by atoms with Crippen molar-refractivity contribution in [2.45, 2.75) is 32.2 Å².